The second kappa shape index (κ2) is 14.5. The molecule has 11 nitrogen and oxygen atoms in total. The summed E-state index contributed by atoms with van der Waals surface area (Å²) in [6.07, 6.45) is 3.83. The number of halogens is 1. The molecule has 0 atom stereocenters. The van der Waals surface area contributed by atoms with Crippen LogP contribution < -0.4 is 9.47 Å². The number of piperazine rings is 1. The maximum atomic E-state index is 13.5. The summed E-state index contributed by atoms with van der Waals surface area (Å²) >= 11 is 5.86. The van der Waals surface area contributed by atoms with Crippen molar-refractivity contribution in [1.82, 2.24) is 14.1 Å². The molecule has 0 spiro atoms. The summed E-state index contributed by atoms with van der Waals surface area (Å²) in [5.41, 5.74) is 0.965. The Hall–Kier alpha value is -3.97. The van der Waals surface area contributed by atoms with Gasteiger partial charge in [-0.2, -0.15) is 4.31 Å². The van der Waals surface area contributed by atoms with Gasteiger partial charge in [-0.05, 0) is 42.5 Å². The highest BCUT2D eigenvalue weighted by molar-refractivity contribution is 7.89. The van der Waals surface area contributed by atoms with Crippen LogP contribution in [0, 0.1) is 10.1 Å². The SMILES string of the molecule is COc1ccc(C(=O)N(C/C=C/c2ccccc2OC)CCN2CCN(S(=O)(=O)c3ccc(Cl)c([N+](=O)[O-])c3)CC2)cc1. The molecule has 0 aromatic heterocycles. The summed E-state index contributed by atoms with van der Waals surface area (Å²) in [6, 6.07) is 18.0. The van der Waals surface area contributed by atoms with E-state index in [0.717, 1.165) is 17.4 Å². The van der Waals surface area contributed by atoms with Gasteiger partial charge in [-0.1, -0.05) is 42.0 Å². The Morgan fingerprint density at radius 2 is 1.72 bits per heavy atom. The molecule has 1 amide bonds. The van der Waals surface area contributed by atoms with Crippen LogP contribution in [0.4, 0.5) is 5.69 Å². The van der Waals surface area contributed by atoms with Crippen LogP contribution in [0.25, 0.3) is 6.08 Å². The molecular formula is C30H33ClN4O7S. The molecule has 3 aromatic rings. The fraction of sp³-hybridized carbons (Fsp3) is 0.300. The van der Waals surface area contributed by atoms with Crippen LogP contribution in [0.15, 0.2) is 77.7 Å². The smallest absolute Gasteiger partial charge is 0.289 e. The third-order valence-electron chi connectivity index (χ3n) is 7.16. The van der Waals surface area contributed by atoms with Crippen LogP contribution in [0.2, 0.25) is 5.02 Å². The number of hydrogen-bond donors (Lipinski definition) is 0. The molecule has 13 heteroatoms. The fourth-order valence-electron chi connectivity index (χ4n) is 4.70. The van der Waals surface area contributed by atoms with Gasteiger partial charge in [0.05, 0.1) is 24.0 Å². The maximum absolute atomic E-state index is 13.5. The van der Waals surface area contributed by atoms with Gasteiger partial charge in [-0.3, -0.25) is 19.8 Å². The summed E-state index contributed by atoms with van der Waals surface area (Å²) in [6.45, 7) is 2.60. The first-order chi connectivity index (χ1) is 20.6. The molecule has 228 valence electrons. The number of rotatable bonds is 12. The summed E-state index contributed by atoms with van der Waals surface area (Å²) in [4.78, 5) is 27.7. The largest absolute Gasteiger partial charge is 0.497 e. The van der Waals surface area contributed by atoms with Crippen molar-refractivity contribution in [1.29, 1.82) is 0 Å². The van der Waals surface area contributed by atoms with Crippen molar-refractivity contribution in [3.63, 3.8) is 0 Å². The van der Waals surface area contributed by atoms with Gasteiger partial charge in [0.15, 0.2) is 0 Å². The van der Waals surface area contributed by atoms with Crippen molar-refractivity contribution >= 4 is 39.3 Å². The van der Waals surface area contributed by atoms with Gasteiger partial charge in [0, 0.05) is 63.0 Å². The summed E-state index contributed by atoms with van der Waals surface area (Å²) < 4.78 is 38.3. The molecule has 0 N–H and O–H groups in total. The Morgan fingerprint density at radius 3 is 2.37 bits per heavy atom. The van der Waals surface area contributed by atoms with Gasteiger partial charge >= 0.3 is 0 Å². The number of nitro benzene ring substituents is 1. The van der Waals surface area contributed by atoms with Crippen LogP contribution in [-0.4, -0.2) is 93.4 Å². The van der Waals surface area contributed by atoms with Gasteiger partial charge in [-0.25, -0.2) is 8.42 Å². The third-order valence-corrected chi connectivity index (χ3v) is 9.37. The number of carbonyl (C=O) groups excluding carboxylic acids is 1. The standard InChI is InChI=1S/C30H33ClN4O7S/c1-41-25-11-9-24(10-12-25)30(36)33(15-5-7-23-6-3-4-8-29(23)42-2)19-16-32-17-20-34(21-18-32)43(39,40)26-13-14-27(31)28(22-26)35(37)38/h3-14,22H,15-21H2,1-2H3/b7-5+. The average Bonchev–Trinajstić information content (AvgIpc) is 3.02. The van der Waals surface area contributed by atoms with Crippen molar-refractivity contribution < 1.29 is 27.6 Å². The van der Waals surface area contributed by atoms with E-state index >= 15 is 0 Å². The molecule has 1 fully saturated rings. The van der Waals surface area contributed by atoms with Crippen molar-refractivity contribution in [2.75, 3.05) is 60.0 Å². The van der Waals surface area contributed by atoms with Gasteiger partial charge < -0.3 is 14.4 Å². The number of methoxy groups -OCH3 is 2. The summed E-state index contributed by atoms with van der Waals surface area (Å²) in [5, 5.41) is 11.1. The molecule has 0 aliphatic carbocycles. The lowest BCUT2D eigenvalue weighted by Gasteiger charge is -2.35. The van der Waals surface area contributed by atoms with E-state index in [4.69, 9.17) is 21.1 Å². The molecule has 43 heavy (non-hydrogen) atoms. The minimum atomic E-state index is -3.94. The Bertz CT molecular complexity index is 1570. The van der Waals surface area contributed by atoms with E-state index in [0.29, 0.717) is 44.0 Å². The number of nitrogens with zero attached hydrogens (tertiary/aromatic N) is 4. The lowest BCUT2D eigenvalue weighted by atomic mass is 10.1. The number of benzene rings is 3. The molecule has 1 aliphatic heterocycles. The zero-order chi connectivity index (χ0) is 31.0. The van der Waals surface area contributed by atoms with E-state index in [2.05, 4.69) is 4.90 Å². The molecule has 0 bridgehead atoms. The van der Waals surface area contributed by atoms with Gasteiger partial charge in [-0.15, -0.1) is 0 Å². The Labute approximate surface area is 256 Å². The van der Waals surface area contributed by atoms with E-state index in [9.17, 15) is 23.3 Å². The Balaban J connectivity index is 1.42. The van der Waals surface area contributed by atoms with Crippen molar-refractivity contribution in [2.24, 2.45) is 0 Å². The van der Waals surface area contributed by atoms with Gasteiger partial charge in [0.2, 0.25) is 10.0 Å². The van der Waals surface area contributed by atoms with Crippen molar-refractivity contribution in [2.45, 2.75) is 4.90 Å². The minimum Gasteiger partial charge on any atom is -0.497 e. The van der Waals surface area contributed by atoms with E-state index < -0.39 is 20.6 Å². The lowest BCUT2D eigenvalue weighted by Crippen LogP contribution is -2.50. The van der Waals surface area contributed by atoms with Crippen LogP contribution in [0.3, 0.4) is 0 Å². The highest BCUT2D eigenvalue weighted by Gasteiger charge is 2.30. The number of carbonyl (C=O) groups is 1. The van der Waals surface area contributed by atoms with Crippen LogP contribution in [-0.2, 0) is 10.0 Å². The second-order valence-corrected chi connectivity index (χ2v) is 12.1. The quantitative estimate of drug-likeness (QED) is 0.213. The first kappa shape index (κ1) is 32.0. The minimum absolute atomic E-state index is 0.125. The van der Waals surface area contributed by atoms with Crippen LogP contribution in [0.1, 0.15) is 15.9 Å². The third kappa shape index (κ3) is 7.90. The normalized spacial score (nSPS) is 14.5. The molecule has 3 aromatic carbocycles. The Kier molecular flexibility index (Phi) is 10.8. The van der Waals surface area contributed by atoms with Crippen molar-refractivity contribution in [3.05, 3.63) is 99.1 Å². The van der Waals surface area contributed by atoms with E-state index in [1.54, 1.807) is 43.4 Å². The molecule has 4 rings (SSSR count). The number of sulfonamides is 1. The van der Waals surface area contributed by atoms with E-state index in [-0.39, 0.29) is 28.9 Å². The van der Waals surface area contributed by atoms with Crippen LogP contribution >= 0.6 is 11.6 Å². The van der Waals surface area contributed by atoms with E-state index in [1.165, 1.54) is 16.4 Å². The summed E-state index contributed by atoms with van der Waals surface area (Å²) in [7, 11) is -0.766. The molecule has 1 heterocycles. The lowest BCUT2D eigenvalue weighted by molar-refractivity contribution is -0.384. The molecule has 1 aliphatic rings. The maximum Gasteiger partial charge on any atom is 0.289 e. The van der Waals surface area contributed by atoms with Gasteiger partial charge in [0.25, 0.3) is 11.6 Å². The Morgan fingerprint density at radius 1 is 1.02 bits per heavy atom. The summed E-state index contributed by atoms with van der Waals surface area (Å²) in [5.74, 6) is 1.24. The number of ether oxygens (including phenoxy) is 2. The van der Waals surface area contributed by atoms with Crippen molar-refractivity contribution in [3.8, 4) is 11.5 Å². The average molecular weight is 629 g/mol. The highest BCUT2D eigenvalue weighted by atomic mass is 35.5. The zero-order valence-electron chi connectivity index (χ0n) is 23.9. The molecule has 0 saturated carbocycles. The monoisotopic (exact) mass is 628 g/mol. The number of para-hydroxylation sites is 1. The first-order valence-corrected chi connectivity index (χ1v) is 15.3. The molecule has 0 radical (unpaired) electrons. The predicted octanol–water partition coefficient (Wildman–Crippen LogP) is 4.43. The zero-order valence-corrected chi connectivity index (χ0v) is 25.5. The number of amides is 1. The molecule has 1 saturated heterocycles. The van der Waals surface area contributed by atoms with Crippen LogP contribution in [0.5, 0.6) is 11.5 Å². The second-order valence-electron chi connectivity index (χ2n) is 9.74. The van der Waals surface area contributed by atoms with E-state index in [1.807, 2.05) is 36.4 Å². The highest BCUT2D eigenvalue weighted by Crippen LogP contribution is 2.29. The molecule has 0 unspecified atom stereocenters. The first-order valence-electron chi connectivity index (χ1n) is 13.5. The number of nitro groups is 1. The molecular weight excluding hydrogens is 596 g/mol. The predicted molar refractivity (Wildman–Crippen MR) is 164 cm³/mol. The van der Waals surface area contributed by atoms with Gasteiger partial charge in [0.1, 0.15) is 16.5 Å². The topological polar surface area (TPSA) is 123 Å². The fourth-order valence-corrected chi connectivity index (χ4v) is 6.33. The number of hydrogen-bond acceptors (Lipinski definition) is 8.